The number of Topliss-reactive ketones (excluding diaryl/α,β-unsaturated/α-hetero) is 2. The molecule has 0 aliphatic rings. The molecular formula is C25H16Cl3NO8. The molecule has 0 radical (unpaired) electrons. The Hall–Kier alpha value is -3.79. The Morgan fingerprint density at radius 2 is 1.27 bits per heavy atom. The molecule has 9 nitrogen and oxygen atoms in total. The minimum atomic E-state index is -1.18. The van der Waals surface area contributed by atoms with Gasteiger partial charge in [0.05, 0.1) is 26.1 Å². The van der Waals surface area contributed by atoms with Crippen molar-refractivity contribution in [2.75, 3.05) is 13.2 Å². The van der Waals surface area contributed by atoms with Crippen LogP contribution in [0.5, 0.6) is 0 Å². The second kappa shape index (κ2) is 12.0. The van der Waals surface area contributed by atoms with Crippen molar-refractivity contribution in [3.63, 3.8) is 0 Å². The number of esters is 2. The van der Waals surface area contributed by atoms with Crippen LogP contribution in [-0.4, -0.2) is 41.6 Å². The summed E-state index contributed by atoms with van der Waals surface area (Å²) in [5, 5.41) is 12.0. The second-order valence-electron chi connectivity index (χ2n) is 7.58. The van der Waals surface area contributed by atoms with Crippen molar-refractivity contribution < 1.29 is 33.6 Å². The van der Waals surface area contributed by atoms with Crippen LogP contribution in [0, 0.1) is 17.0 Å². The molecule has 0 heterocycles. The lowest BCUT2D eigenvalue weighted by Crippen LogP contribution is -2.20. The Labute approximate surface area is 225 Å². The molecule has 3 aromatic rings. The van der Waals surface area contributed by atoms with Gasteiger partial charge in [-0.3, -0.25) is 19.7 Å². The largest absolute Gasteiger partial charge is 0.454 e. The maximum Gasteiger partial charge on any atom is 0.339 e. The number of hydrogen-bond acceptors (Lipinski definition) is 8. The summed E-state index contributed by atoms with van der Waals surface area (Å²) in [5.41, 5.74) is -0.419. The third kappa shape index (κ3) is 6.91. The van der Waals surface area contributed by atoms with Crippen LogP contribution in [0.1, 0.15) is 47.0 Å². The molecule has 0 amide bonds. The number of ketones is 2. The number of nitro benzene ring substituents is 1. The quantitative estimate of drug-likeness (QED) is 0.135. The van der Waals surface area contributed by atoms with E-state index >= 15 is 0 Å². The van der Waals surface area contributed by atoms with Crippen molar-refractivity contribution in [2.24, 2.45) is 0 Å². The van der Waals surface area contributed by atoms with Gasteiger partial charge in [0, 0.05) is 28.3 Å². The lowest BCUT2D eigenvalue weighted by atomic mass is 10.1. The lowest BCUT2D eigenvalue weighted by molar-refractivity contribution is -0.384. The van der Waals surface area contributed by atoms with Gasteiger partial charge in [0.1, 0.15) is 0 Å². The molecule has 190 valence electrons. The molecule has 3 aromatic carbocycles. The van der Waals surface area contributed by atoms with Crippen LogP contribution in [0.25, 0.3) is 0 Å². The number of nitrogens with zero attached hydrogens (tertiary/aromatic N) is 1. The van der Waals surface area contributed by atoms with Crippen LogP contribution in [-0.2, 0) is 9.47 Å². The van der Waals surface area contributed by atoms with Crippen LogP contribution in [0.15, 0.2) is 54.6 Å². The number of non-ortho nitro benzene ring substituents is 1. The number of nitro groups is 1. The summed E-state index contributed by atoms with van der Waals surface area (Å²) in [5.74, 6) is -3.46. The molecule has 0 unspecified atom stereocenters. The normalized spacial score (nSPS) is 10.5. The fraction of sp³-hybridized carbons (Fsp3) is 0.120. The van der Waals surface area contributed by atoms with Gasteiger partial charge in [-0.05, 0) is 55.0 Å². The highest BCUT2D eigenvalue weighted by Gasteiger charge is 2.25. The van der Waals surface area contributed by atoms with Gasteiger partial charge < -0.3 is 9.47 Å². The zero-order chi connectivity index (χ0) is 27.3. The first-order valence-electron chi connectivity index (χ1n) is 10.4. The van der Waals surface area contributed by atoms with Gasteiger partial charge in [-0.2, -0.15) is 0 Å². The van der Waals surface area contributed by atoms with E-state index in [1.807, 2.05) is 0 Å². The van der Waals surface area contributed by atoms with E-state index in [-0.39, 0.29) is 21.2 Å². The van der Waals surface area contributed by atoms with Crippen molar-refractivity contribution in [3.05, 3.63) is 108 Å². The summed E-state index contributed by atoms with van der Waals surface area (Å²) in [6.07, 6.45) is 0. The topological polar surface area (TPSA) is 130 Å². The summed E-state index contributed by atoms with van der Waals surface area (Å²) < 4.78 is 10.0. The number of hydrogen-bond donors (Lipinski definition) is 0. The number of ether oxygens (including phenoxy) is 2. The number of carbonyl (C=O) groups is 4. The summed E-state index contributed by atoms with van der Waals surface area (Å²) >= 11 is 17.7. The van der Waals surface area contributed by atoms with E-state index in [2.05, 4.69) is 0 Å². The van der Waals surface area contributed by atoms with Crippen LogP contribution >= 0.6 is 34.8 Å². The third-order valence-corrected chi connectivity index (χ3v) is 6.21. The first-order valence-corrected chi connectivity index (χ1v) is 11.5. The van der Waals surface area contributed by atoms with Gasteiger partial charge in [0.2, 0.25) is 0 Å². The SMILES string of the molecule is Cc1cc(C(=O)COC(=O)c2cc([N+](=O)[O-])ccc2C(=O)OCC(=O)c2ccc(Cl)c(Cl)c2)ccc1Cl. The Morgan fingerprint density at radius 3 is 1.81 bits per heavy atom. The molecule has 0 fully saturated rings. The smallest absolute Gasteiger partial charge is 0.339 e. The number of aryl methyl sites for hydroxylation is 1. The average Bonchev–Trinajstić information content (AvgIpc) is 2.88. The molecule has 0 aromatic heterocycles. The van der Waals surface area contributed by atoms with Gasteiger partial charge in [0.25, 0.3) is 5.69 Å². The van der Waals surface area contributed by atoms with Crippen LogP contribution in [0.2, 0.25) is 15.1 Å². The Balaban J connectivity index is 1.76. The molecule has 0 aliphatic heterocycles. The van der Waals surface area contributed by atoms with E-state index in [4.69, 9.17) is 44.3 Å². The van der Waals surface area contributed by atoms with Gasteiger partial charge in [-0.25, -0.2) is 9.59 Å². The van der Waals surface area contributed by atoms with Crippen molar-refractivity contribution in [1.29, 1.82) is 0 Å². The van der Waals surface area contributed by atoms with Crippen LogP contribution in [0.3, 0.4) is 0 Å². The molecular weight excluding hydrogens is 549 g/mol. The van der Waals surface area contributed by atoms with Crippen molar-refractivity contribution in [1.82, 2.24) is 0 Å². The van der Waals surface area contributed by atoms with Gasteiger partial charge in [-0.1, -0.05) is 34.8 Å². The highest BCUT2D eigenvalue weighted by Crippen LogP contribution is 2.24. The first kappa shape index (κ1) is 27.8. The third-order valence-electron chi connectivity index (χ3n) is 5.04. The summed E-state index contributed by atoms with van der Waals surface area (Å²) in [7, 11) is 0. The molecule has 0 N–H and O–H groups in total. The monoisotopic (exact) mass is 563 g/mol. The van der Waals surface area contributed by atoms with Crippen molar-refractivity contribution in [2.45, 2.75) is 6.92 Å². The van der Waals surface area contributed by atoms with E-state index in [0.29, 0.717) is 10.6 Å². The van der Waals surface area contributed by atoms with E-state index < -0.39 is 58.5 Å². The molecule has 12 heteroatoms. The highest BCUT2D eigenvalue weighted by molar-refractivity contribution is 6.42. The van der Waals surface area contributed by atoms with Crippen LogP contribution < -0.4 is 0 Å². The van der Waals surface area contributed by atoms with E-state index in [1.54, 1.807) is 6.92 Å². The van der Waals surface area contributed by atoms with E-state index in [9.17, 15) is 29.3 Å². The van der Waals surface area contributed by atoms with Crippen molar-refractivity contribution in [3.8, 4) is 0 Å². The van der Waals surface area contributed by atoms with Crippen molar-refractivity contribution >= 4 is 64.0 Å². The standard InChI is InChI=1S/C25H16Cl3NO8/c1-13-8-14(2-6-19(13)26)22(30)11-37-25(33)18-10-16(29(34)35)4-5-17(18)24(32)36-12-23(31)15-3-7-20(27)21(28)9-15/h2-10H,11-12H2,1H3. The van der Waals surface area contributed by atoms with Gasteiger partial charge in [0.15, 0.2) is 24.8 Å². The molecule has 0 spiro atoms. The number of carbonyl (C=O) groups excluding carboxylic acids is 4. The minimum absolute atomic E-state index is 0.126. The molecule has 0 atom stereocenters. The number of rotatable bonds is 9. The summed E-state index contributed by atoms with van der Waals surface area (Å²) in [4.78, 5) is 60.6. The Bertz CT molecular complexity index is 1440. The molecule has 37 heavy (non-hydrogen) atoms. The summed E-state index contributed by atoms with van der Waals surface area (Å²) in [6, 6.07) is 11.4. The number of halogens is 3. The van der Waals surface area contributed by atoms with Crippen LogP contribution in [0.4, 0.5) is 5.69 Å². The lowest BCUT2D eigenvalue weighted by Gasteiger charge is -2.10. The number of benzene rings is 3. The zero-order valence-electron chi connectivity index (χ0n) is 19.0. The van der Waals surface area contributed by atoms with Gasteiger partial charge in [-0.15, -0.1) is 0 Å². The molecule has 3 rings (SSSR count). The van der Waals surface area contributed by atoms with E-state index in [0.717, 1.165) is 18.2 Å². The molecule has 0 bridgehead atoms. The Kier molecular flexibility index (Phi) is 8.99. The second-order valence-corrected chi connectivity index (χ2v) is 8.80. The maximum absolute atomic E-state index is 12.7. The maximum atomic E-state index is 12.7. The van der Waals surface area contributed by atoms with Gasteiger partial charge >= 0.3 is 11.9 Å². The Morgan fingerprint density at radius 1 is 0.730 bits per heavy atom. The average molecular weight is 565 g/mol. The zero-order valence-corrected chi connectivity index (χ0v) is 21.2. The van der Waals surface area contributed by atoms with E-state index in [1.165, 1.54) is 36.4 Å². The minimum Gasteiger partial charge on any atom is -0.454 e. The first-order chi connectivity index (χ1) is 17.5. The predicted octanol–water partition coefficient (Wildman–Crippen LogP) is 5.94. The molecule has 0 saturated heterocycles. The molecule has 0 saturated carbocycles. The summed E-state index contributed by atoms with van der Waals surface area (Å²) in [6.45, 7) is 0.280. The predicted molar refractivity (Wildman–Crippen MR) is 135 cm³/mol. The fourth-order valence-electron chi connectivity index (χ4n) is 3.06. The molecule has 0 aliphatic carbocycles. The fourth-order valence-corrected chi connectivity index (χ4v) is 3.48. The highest BCUT2D eigenvalue weighted by atomic mass is 35.5.